The van der Waals surface area contributed by atoms with Crippen molar-refractivity contribution in [2.75, 3.05) is 13.2 Å². The van der Waals surface area contributed by atoms with Crippen LogP contribution in [0.4, 0.5) is 13.2 Å². The highest BCUT2D eigenvalue weighted by Crippen LogP contribution is 2.32. The molecule has 0 aliphatic heterocycles. The monoisotopic (exact) mass is 373 g/mol. The second kappa shape index (κ2) is 8.17. The Balaban J connectivity index is 1.82. The second-order valence-corrected chi connectivity index (χ2v) is 5.44. The summed E-state index contributed by atoms with van der Waals surface area (Å²) in [5.74, 6) is -0.544. The summed E-state index contributed by atoms with van der Waals surface area (Å²) >= 11 is 5.71. The van der Waals surface area contributed by atoms with Crippen LogP contribution in [-0.4, -0.2) is 24.0 Å². The van der Waals surface area contributed by atoms with Gasteiger partial charge < -0.3 is 15.8 Å². The number of amides is 1. The highest BCUT2D eigenvalue weighted by molar-refractivity contribution is 6.31. The van der Waals surface area contributed by atoms with Crippen LogP contribution in [0, 0.1) is 0 Å². The molecular formula is C16H15ClF3N3O2. The molecule has 0 bridgehead atoms. The van der Waals surface area contributed by atoms with Gasteiger partial charge >= 0.3 is 6.18 Å². The number of nitrogens with zero attached hydrogens (tertiary/aromatic N) is 1. The van der Waals surface area contributed by atoms with Gasteiger partial charge in [-0.3, -0.25) is 4.79 Å². The van der Waals surface area contributed by atoms with E-state index >= 15 is 0 Å². The maximum absolute atomic E-state index is 12.5. The fourth-order valence-electron chi connectivity index (χ4n) is 1.93. The van der Waals surface area contributed by atoms with Crippen LogP contribution in [0.15, 0.2) is 42.6 Å². The third-order valence-electron chi connectivity index (χ3n) is 3.22. The lowest BCUT2D eigenvalue weighted by molar-refractivity contribution is -0.137. The molecule has 3 N–H and O–H groups in total. The number of carbonyl (C=O) groups excluding carboxylic acids is 1. The van der Waals surface area contributed by atoms with Crippen LogP contribution in [-0.2, 0) is 11.0 Å². The van der Waals surface area contributed by atoms with Crippen molar-refractivity contribution < 1.29 is 22.7 Å². The molecule has 0 radical (unpaired) electrons. The summed E-state index contributed by atoms with van der Waals surface area (Å²) in [6.45, 7) is 0.0731. The van der Waals surface area contributed by atoms with Gasteiger partial charge in [-0.25, -0.2) is 4.98 Å². The molecular weight excluding hydrogens is 359 g/mol. The van der Waals surface area contributed by atoms with E-state index in [1.54, 1.807) is 24.3 Å². The molecule has 1 unspecified atom stereocenters. The maximum atomic E-state index is 12.5. The van der Waals surface area contributed by atoms with Crippen LogP contribution < -0.4 is 15.8 Å². The molecule has 1 aromatic carbocycles. The van der Waals surface area contributed by atoms with E-state index in [1.165, 1.54) is 0 Å². The zero-order valence-corrected chi connectivity index (χ0v) is 13.6. The number of nitrogens with two attached hydrogens (primary N) is 1. The Morgan fingerprint density at radius 2 is 2.00 bits per heavy atom. The molecule has 0 spiro atoms. The third-order valence-corrected chi connectivity index (χ3v) is 3.49. The zero-order chi connectivity index (χ0) is 18.4. The molecule has 0 fully saturated rings. The highest BCUT2D eigenvalue weighted by atomic mass is 35.5. The van der Waals surface area contributed by atoms with E-state index in [4.69, 9.17) is 22.1 Å². The molecule has 25 heavy (non-hydrogen) atoms. The molecule has 2 rings (SSSR count). The normalized spacial score (nSPS) is 12.5. The van der Waals surface area contributed by atoms with Gasteiger partial charge in [0.05, 0.1) is 12.1 Å². The number of carbonyl (C=O) groups is 1. The molecule has 1 heterocycles. The summed E-state index contributed by atoms with van der Waals surface area (Å²) in [4.78, 5) is 15.5. The van der Waals surface area contributed by atoms with Gasteiger partial charge in [0.25, 0.3) is 0 Å². The number of alkyl halides is 3. The molecule has 134 valence electrons. The fourth-order valence-corrected chi connectivity index (χ4v) is 2.15. The lowest BCUT2D eigenvalue weighted by atomic mass is 10.1. The fraction of sp³-hybridized carbons (Fsp3) is 0.250. The predicted octanol–water partition coefficient (Wildman–Crippen LogP) is 2.95. The summed E-state index contributed by atoms with van der Waals surface area (Å²) in [5, 5.41) is 2.30. The minimum Gasteiger partial charge on any atom is -0.475 e. The van der Waals surface area contributed by atoms with Gasteiger partial charge in [-0.1, -0.05) is 41.9 Å². The summed E-state index contributed by atoms with van der Waals surface area (Å²) in [6.07, 6.45) is -3.90. The Labute approximate surface area is 146 Å². The Morgan fingerprint density at radius 1 is 1.32 bits per heavy atom. The van der Waals surface area contributed by atoms with E-state index in [1.807, 2.05) is 6.07 Å². The van der Waals surface area contributed by atoms with Crippen molar-refractivity contribution in [3.63, 3.8) is 0 Å². The van der Waals surface area contributed by atoms with Crippen molar-refractivity contribution in [2.24, 2.45) is 5.73 Å². The lowest BCUT2D eigenvalue weighted by Gasteiger charge is -2.13. The number of pyridine rings is 1. The summed E-state index contributed by atoms with van der Waals surface area (Å²) in [6, 6.07) is 8.71. The van der Waals surface area contributed by atoms with Gasteiger partial charge in [0.2, 0.25) is 11.8 Å². The molecule has 0 saturated heterocycles. The van der Waals surface area contributed by atoms with Crippen LogP contribution in [0.3, 0.4) is 0 Å². The number of benzene rings is 1. The SMILES string of the molecule is NC(C(=O)NCCOc1ncc(C(F)(F)F)cc1Cl)c1ccccc1. The Bertz CT molecular complexity index is 726. The molecule has 1 atom stereocenters. The van der Waals surface area contributed by atoms with Crippen LogP contribution in [0.5, 0.6) is 5.88 Å². The zero-order valence-electron chi connectivity index (χ0n) is 12.9. The van der Waals surface area contributed by atoms with E-state index in [-0.39, 0.29) is 24.1 Å². The van der Waals surface area contributed by atoms with Gasteiger partial charge in [0.15, 0.2) is 0 Å². The van der Waals surface area contributed by atoms with E-state index < -0.39 is 23.7 Å². The highest BCUT2D eigenvalue weighted by Gasteiger charge is 2.31. The van der Waals surface area contributed by atoms with Crippen LogP contribution in [0.25, 0.3) is 0 Å². The smallest absolute Gasteiger partial charge is 0.417 e. The summed E-state index contributed by atoms with van der Waals surface area (Å²) in [5.41, 5.74) is 5.52. The first-order valence-corrected chi connectivity index (χ1v) is 7.60. The van der Waals surface area contributed by atoms with E-state index in [0.717, 1.165) is 6.07 Å². The lowest BCUT2D eigenvalue weighted by Crippen LogP contribution is -2.36. The number of ether oxygens (including phenoxy) is 1. The number of hydrogen-bond donors (Lipinski definition) is 2. The Kier molecular flexibility index (Phi) is 6.22. The van der Waals surface area contributed by atoms with E-state index in [2.05, 4.69) is 10.3 Å². The van der Waals surface area contributed by atoms with Gasteiger partial charge in [-0.05, 0) is 11.6 Å². The average Bonchev–Trinajstić information content (AvgIpc) is 2.58. The van der Waals surface area contributed by atoms with Crippen LogP contribution in [0.1, 0.15) is 17.2 Å². The van der Waals surface area contributed by atoms with Gasteiger partial charge in [-0.2, -0.15) is 13.2 Å². The number of aromatic nitrogens is 1. The van der Waals surface area contributed by atoms with E-state index in [9.17, 15) is 18.0 Å². The number of hydrogen-bond acceptors (Lipinski definition) is 4. The molecule has 0 aliphatic rings. The van der Waals surface area contributed by atoms with Gasteiger partial charge in [0.1, 0.15) is 17.7 Å². The number of nitrogens with one attached hydrogen (secondary N) is 1. The molecule has 0 aliphatic carbocycles. The van der Waals surface area contributed by atoms with Crippen LogP contribution in [0.2, 0.25) is 5.02 Å². The molecule has 1 amide bonds. The largest absolute Gasteiger partial charge is 0.475 e. The molecule has 5 nitrogen and oxygen atoms in total. The number of rotatable bonds is 6. The third kappa shape index (κ3) is 5.33. The number of halogens is 4. The predicted molar refractivity (Wildman–Crippen MR) is 86.1 cm³/mol. The molecule has 1 aromatic heterocycles. The van der Waals surface area contributed by atoms with Crippen molar-refractivity contribution in [3.8, 4) is 5.88 Å². The standard InChI is InChI=1S/C16H15ClF3N3O2/c17-12-8-11(16(18,19)20)9-23-15(12)25-7-6-22-14(24)13(21)10-4-2-1-3-5-10/h1-5,8-9,13H,6-7,21H2,(H,22,24). The Morgan fingerprint density at radius 3 is 2.60 bits per heavy atom. The molecule has 2 aromatic rings. The molecule has 9 heteroatoms. The topological polar surface area (TPSA) is 77.2 Å². The summed E-state index contributed by atoms with van der Waals surface area (Å²) in [7, 11) is 0. The first-order valence-electron chi connectivity index (χ1n) is 7.23. The quantitative estimate of drug-likeness (QED) is 0.763. The van der Waals surface area contributed by atoms with Crippen molar-refractivity contribution in [2.45, 2.75) is 12.2 Å². The Hall–Kier alpha value is -2.32. The average molecular weight is 374 g/mol. The van der Waals surface area contributed by atoms with Crippen molar-refractivity contribution >= 4 is 17.5 Å². The molecule has 0 saturated carbocycles. The maximum Gasteiger partial charge on any atom is 0.417 e. The van der Waals surface area contributed by atoms with Gasteiger partial charge in [0, 0.05) is 6.20 Å². The van der Waals surface area contributed by atoms with Crippen molar-refractivity contribution in [1.29, 1.82) is 0 Å². The van der Waals surface area contributed by atoms with Gasteiger partial charge in [-0.15, -0.1) is 0 Å². The minimum atomic E-state index is -4.53. The van der Waals surface area contributed by atoms with Crippen molar-refractivity contribution in [3.05, 3.63) is 58.7 Å². The summed E-state index contributed by atoms with van der Waals surface area (Å²) < 4.78 is 42.7. The minimum absolute atomic E-state index is 0.0225. The first-order chi connectivity index (χ1) is 11.8. The van der Waals surface area contributed by atoms with Crippen molar-refractivity contribution in [1.82, 2.24) is 10.3 Å². The second-order valence-electron chi connectivity index (χ2n) is 5.04. The van der Waals surface area contributed by atoms with E-state index in [0.29, 0.717) is 11.8 Å². The first kappa shape index (κ1) is 19.0. The van der Waals surface area contributed by atoms with Crippen LogP contribution >= 0.6 is 11.6 Å².